The lowest BCUT2D eigenvalue weighted by molar-refractivity contribution is 0.0602. The highest BCUT2D eigenvalue weighted by Crippen LogP contribution is 2.35. The minimum Gasteiger partial charge on any atom is -0.465 e. The zero-order valence-corrected chi connectivity index (χ0v) is 21.5. The first-order chi connectivity index (χ1) is 19.1. The molecule has 39 heavy (non-hydrogen) atoms. The molecule has 7 rings (SSSR count). The van der Waals surface area contributed by atoms with Crippen LogP contribution >= 0.6 is 0 Å². The molecule has 8 nitrogen and oxygen atoms in total. The lowest BCUT2D eigenvalue weighted by Crippen LogP contribution is -2.11. The Balaban J connectivity index is 1.41. The molecular weight excluding hydrogens is 490 g/mol. The molecule has 4 heterocycles. The van der Waals surface area contributed by atoms with Crippen LogP contribution in [0, 0.1) is 0 Å². The third-order valence-electron chi connectivity index (χ3n) is 7.70. The van der Waals surface area contributed by atoms with Gasteiger partial charge in [-0.2, -0.15) is 5.10 Å². The number of pyridine rings is 1. The number of methoxy groups -OCH3 is 1. The number of carbonyl (C=O) groups excluding carboxylic acids is 1. The number of carbonyl (C=O) groups is 1. The van der Waals surface area contributed by atoms with Crippen molar-refractivity contribution in [1.82, 2.24) is 19.3 Å². The summed E-state index contributed by atoms with van der Waals surface area (Å²) in [4.78, 5) is 16.8. The van der Waals surface area contributed by atoms with Crippen molar-refractivity contribution in [3.05, 3.63) is 90.4 Å². The number of hydrogen-bond acceptors (Lipinski definition) is 6. The molecular formula is C31H27N5O3. The quantitative estimate of drug-likeness (QED) is 0.300. The van der Waals surface area contributed by atoms with Gasteiger partial charge in [-0.05, 0) is 53.3 Å². The summed E-state index contributed by atoms with van der Waals surface area (Å²) in [5.41, 5.74) is 11.7. The topological polar surface area (TPSA) is 97.2 Å². The molecule has 1 aliphatic rings. The summed E-state index contributed by atoms with van der Waals surface area (Å²) in [7, 11) is 1.41. The van der Waals surface area contributed by atoms with Gasteiger partial charge in [0.05, 0.1) is 48.6 Å². The van der Waals surface area contributed by atoms with Crippen LogP contribution in [0.25, 0.3) is 43.7 Å². The average Bonchev–Trinajstić information content (AvgIpc) is 3.72. The highest BCUT2D eigenvalue weighted by molar-refractivity contribution is 6.04. The van der Waals surface area contributed by atoms with Gasteiger partial charge in [-0.25, -0.2) is 9.78 Å². The molecule has 1 fully saturated rings. The minimum atomic E-state index is -0.356. The first kappa shape index (κ1) is 23.4. The Morgan fingerprint density at radius 2 is 1.97 bits per heavy atom. The molecule has 1 unspecified atom stereocenters. The van der Waals surface area contributed by atoms with E-state index in [9.17, 15) is 4.79 Å². The van der Waals surface area contributed by atoms with E-state index in [2.05, 4.69) is 38.5 Å². The van der Waals surface area contributed by atoms with Crippen LogP contribution in [0.4, 0.5) is 5.82 Å². The molecule has 3 aromatic carbocycles. The Morgan fingerprint density at radius 1 is 1.08 bits per heavy atom. The van der Waals surface area contributed by atoms with Gasteiger partial charge in [0.15, 0.2) is 0 Å². The number of esters is 1. The van der Waals surface area contributed by atoms with E-state index in [1.165, 1.54) is 7.11 Å². The number of hydrogen-bond donors (Lipinski definition) is 1. The first-order valence-corrected chi connectivity index (χ1v) is 13.0. The number of aromatic nitrogens is 4. The Kier molecular flexibility index (Phi) is 5.56. The van der Waals surface area contributed by atoms with Crippen LogP contribution in [-0.2, 0) is 16.0 Å². The Bertz CT molecular complexity index is 1880. The summed E-state index contributed by atoms with van der Waals surface area (Å²) in [6.07, 6.45) is 4.68. The van der Waals surface area contributed by atoms with Gasteiger partial charge in [0.1, 0.15) is 5.82 Å². The first-order valence-electron chi connectivity index (χ1n) is 13.0. The van der Waals surface area contributed by atoms with Gasteiger partial charge in [0.25, 0.3) is 0 Å². The van der Waals surface area contributed by atoms with Crippen LogP contribution < -0.4 is 5.73 Å². The third kappa shape index (κ3) is 3.83. The lowest BCUT2D eigenvalue weighted by atomic mass is 9.97. The summed E-state index contributed by atoms with van der Waals surface area (Å²) in [5, 5.41) is 9.16. The van der Waals surface area contributed by atoms with Crippen molar-refractivity contribution in [3.8, 4) is 11.1 Å². The Morgan fingerprint density at radius 3 is 2.82 bits per heavy atom. The predicted octanol–water partition coefficient (Wildman–Crippen LogP) is 5.58. The summed E-state index contributed by atoms with van der Waals surface area (Å²) in [5.74, 6) is 0.164. The number of ether oxygens (including phenoxy) is 2. The van der Waals surface area contributed by atoms with E-state index in [-0.39, 0.29) is 12.0 Å². The number of fused-ring (bicyclic) bond motifs is 3. The normalized spacial score (nSPS) is 15.5. The maximum absolute atomic E-state index is 12.6. The maximum Gasteiger partial charge on any atom is 0.340 e. The number of rotatable bonds is 5. The van der Waals surface area contributed by atoms with Crippen LogP contribution in [0.3, 0.4) is 0 Å². The van der Waals surface area contributed by atoms with E-state index < -0.39 is 0 Å². The summed E-state index contributed by atoms with van der Waals surface area (Å²) in [6, 6.07) is 22.5. The fraction of sp³-hybridized carbons (Fsp3) is 0.194. The molecule has 0 spiro atoms. The Labute approximate surface area is 224 Å². The third-order valence-corrected chi connectivity index (χ3v) is 7.70. The van der Waals surface area contributed by atoms with Gasteiger partial charge in [0, 0.05) is 35.2 Å². The van der Waals surface area contributed by atoms with Gasteiger partial charge < -0.3 is 19.8 Å². The molecule has 1 aliphatic heterocycles. The van der Waals surface area contributed by atoms with E-state index in [1.807, 2.05) is 42.6 Å². The standard InChI is InChI=1S/C31H27N5O3/c1-38-31(37)25-7-2-4-19-11-14-35(29(19)25)17-27-26-16-20(8-9-28(26)36(34-27)21-12-15-39-18-21)22-5-3-6-24-23(22)10-13-33-30(24)32/h2-11,13-14,16,21H,12,15,17-18H2,1H3,(H2,32,33). The van der Waals surface area contributed by atoms with Gasteiger partial charge in [0.2, 0.25) is 0 Å². The van der Waals surface area contributed by atoms with Crippen molar-refractivity contribution >= 4 is 44.4 Å². The van der Waals surface area contributed by atoms with Crippen molar-refractivity contribution in [3.63, 3.8) is 0 Å². The number of nitrogens with zero attached hydrogens (tertiary/aromatic N) is 4. The number of nitrogens with two attached hydrogens (primary N) is 1. The van der Waals surface area contributed by atoms with E-state index in [1.54, 1.807) is 12.3 Å². The molecule has 8 heteroatoms. The van der Waals surface area contributed by atoms with Crippen LogP contribution in [0.15, 0.2) is 79.1 Å². The SMILES string of the molecule is COC(=O)c1cccc2ccn(Cc3nn(C4CCOC4)c4ccc(-c5cccc6c(N)nccc56)cc34)c12. The highest BCUT2D eigenvalue weighted by atomic mass is 16.5. The molecule has 3 aromatic heterocycles. The van der Waals surface area contributed by atoms with Crippen LogP contribution in [0.5, 0.6) is 0 Å². The fourth-order valence-electron chi connectivity index (χ4n) is 5.79. The van der Waals surface area contributed by atoms with Crippen molar-refractivity contribution in [2.45, 2.75) is 19.0 Å². The smallest absolute Gasteiger partial charge is 0.340 e. The molecule has 0 aliphatic carbocycles. The van der Waals surface area contributed by atoms with Gasteiger partial charge in [-0.3, -0.25) is 4.68 Å². The van der Waals surface area contributed by atoms with E-state index in [0.29, 0.717) is 24.5 Å². The largest absolute Gasteiger partial charge is 0.465 e. The molecule has 1 atom stereocenters. The molecule has 194 valence electrons. The average molecular weight is 518 g/mol. The second-order valence-electron chi connectivity index (χ2n) is 9.92. The van der Waals surface area contributed by atoms with Crippen LogP contribution in [0.2, 0.25) is 0 Å². The van der Waals surface area contributed by atoms with E-state index in [0.717, 1.165) is 62.4 Å². The number of anilines is 1. The second-order valence-corrected chi connectivity index (χ2v) is 9.92. The zero-order chi connectivity index (χ0) is 26.5. The molecule has 6 aromatic rings. The lowest BCUT2D eigenvalue weighted by Gasteiger charge is -2.11. The molecule has 1 saturated heterocycles. The number of nitrogen functional groups attached to an aromatic ring is 1. The summed E-state index contributed by atoms with van der Waals surface area (Å²) in [6.45, 7) is 1.88. The molecule has 0 saturated carbocycles. The monoisotopic (exact) mass is 517 g/mol. The van der Waals surface area contributed by atoms with Gasteiger partial charge in [-0.15, -0.1) is 0 Å². The summed E-state index contributed by atoms with van der Waals surface area (Å²) >= 11 is 0. The van der Waals surface area contributed by atoms with Crippen molar-refractivity contribution < 1.29 is 14.3 Å². The van der Waals surface area contributed by atoms with Gasteiger partial charge in [-0.1, -0.05) is 36.4 Å². The van der Waals surface area contributed by atoms with Crippen LogP contribution in [-0.4, -0.2) is 45.6 Å². The second kappa shape index (κ2) is 9.25. The molecule has 0 bridgehead atoms. The van der Waals surface area contributed by atoms with E-state index >= 15 is 0 Å². The van der Waals surface area contributed by atoms with Crippen molar-refractivity contribution in [2.24, 2.45) is 0 Å². The summed E-state index contributed by atoms with van der Waals surface area (Å²) < 4.78 is 15.0. The molecule has 0 amide bonds. The molecule has 2 N–H and O–H groups in total. The number of benzene rings is 3. The zero-order valence-electron chi connectivity index (χ0n) is 21.5. The van der Waals surface area contributed by atoms with Crippen LogP contribution in [0.1, 0.15) is 28.5 Å². The van der Waals surface area contributed by atoms with Crippen molar-refractivity contribution in [2.75, 3.05) is 26.1 Å². The maximum atomic E-state index is 12.6. The highest BCUT2D eigenvalue weighted by Gasteiger charge is 2.24. The molecule has 0 radical (unpaired) electrons. The van der Waals surface area contributed by atoms with E-state index in [4.69, 9.17) is 20.3 Å². The predicted molar refractivity (Wildman–Crippen MR) is 152 cm³/mol. The minimum absolute atomic E-state index is 0.183. The fourth-order valence-corrected chi connectivity index (χ4v) is 5.79. The van der Waals surface area contributed by atoms with Crippen molar-refractivity contribution in [1.29, 1.82) is 0 Å². The Hall–Kier alpha value is -4.69. The number of para-hydroxylation sites is 1. The van der Waals surface area contributed by atoms with Gasteiger partial charge >= 0.3 is 5.97 Å².